The summed E-state index contributed by atoms with van der Waals surface area (Å²) < 4.78 is 5.30. The predicted molar refractivity (Wildman–Crippen MR) is 101 cm³/mol. The van der Waals surface area contributed by atoms with E-state index in [1.807, 2.05) is 11.8 Å². The van der Waals surface area contributed by atoms with Crippen molar-refractivity contribution in [1.29, 1.82) is 0 Å². The summed E-state index contributed by atoms with van der Waals surface area (Å²) in [5.74, 6) is 1.37. The second-order valence-corrected chi connectivity index (χ2v) is 7.36. The molecule has 1 aliphatic rings. The standard InChI is InChI=1S/C22H20OS/c1-23-18-13-11-17(12-14-18)22-15-20(16-7-3-2-4-8-16)19-9-5-6-10-21(19)24-22/h2-14,20,22H,15H2,1H3. The summed E-state index contributed by atoms with van der Waals surface area (Å²) in [6.07, 6.45) is 1.12. The Morgan fingerprint density at radius 3 is 2.25 bits per heavy atom. The number of thioether (sulfide) groups is 1. The Kier molecular flexibility index (Phi) is 4.31. The van der Waals surface area contributed by atoms with Crippen LogP contribution >= 0.6 is 11.8 Å². The molecule has 2 heteroatoms. The Labute approximate surface area is 147 Å². The molecule has 4 rings (SSSR count). The van der Waals surface area contributed by atoms with Gasteiger partial charge in [0, 0.05) is 16.1 Å². The lowest BCUT2D eigenvalue weighted by Crippen LogP contribution is -2.12. The molecule has 1 heterocycles. The van der Waals surface area contributed by atoms with Crippen LogP contribution in [0.5, 0.6) is 5.75 Å². The topological polar surface area (TPSA) is 9.23 Å². The molecular formula is C22H20OS. The molecule has 3 aromatic rings. The Hall–Kier alpha value is -2.19. The molecule has 0 saturated heterocycles. The van der Waals surface area contributed by atoms with E-state index in [0.717, 1.165) is 12.2 Å². The second-order valence-electron chi connectivity index (χ2n) is 6.12. The molecule has 24 heavy (non-hydrogen) atoms. The molecule has 120 valence electrons. The summed E-state index contributed by atoms with van der Waals surface area (Å²) in [6.45, 7) is 0. The molecule has 0 N–H and O–H groups in total. The number of benzene rings is 3. The monoisotopic (exact) mass is 332 g/mol. The zero-order chi connectivity index (χ0) is 16.4. The number of fused-ring (bicyclic) bond motifs is 1. The molecule has 0 aromatic heterocycles. The van der Waals surface area contributed by atoms with E-state index in [4.69, 9.17) is 4.74 Å². The van der Waals surface area contributed by atoms with Crippen LogP contribution in [0.1, 0.15) is 34.3 Å². The van der Waals surface area contributed by atoms with Crippen molar-refractivity contribution in [1.82, 2.24) is 0 Å². The SMILES string of the molecule is COc1ccc(C2CC(c3ccccc3)c3ccccc3S2)cc1. The molecule has 0 aliphatic carbocycles. The molecule has 2 atom stereocenters. The quantitative estimate of drug-likeness (QED) is 0.576. The summed E-state index contributed by atoms with van der Waals surface area (Å²) in [6, 6.07) is 28.2. The van der Waals surface area contributed by atoms with E-state index in [-0.39, 0.29) is 0 Å². The number of methoxy groups -OCH3 is 1. The van der Waals surface area contributed by atoms with Gasteiger partial charge in [-0.1, -0.05) is 60.7 Å². The van der Waals surface area contributed by atoms with Gasteiger partial charge in [-0.25, -0.2) is 0 Å². The zero-order valence-electron chi connectivity index (χ0n) is 13.7. The fraction of sp³-hybridized carbons (Fsp3) is 0.182. The van der Waals surface area contributed by atoms with Crippen LogP contribution in [0.25, 0.3) is 0 Å². The third kappa shape index (κ3) is 2.94. The predicted octanol–water partition coefficient (Wildman–Crippen LogP) is 6.06. The normalized spacial score (nSPS) is 19.5. The molecule has 1 aliphatic heterocycles. The Balaban J connectivity index is 1.72. The molecule has 0 fully saturated rings. The summed E-state index contributed by atoms with van der Waals surface area (Å²) in [4.78, 5) is 1.40. The average Bonchev–Trinajstić information content (AvgIpc) is 2.68. The van der Waals surface area contributed by atoms with Crippen molar-refractivity contribution < 1.29 is 4.74 Å². The van der Waals surface area contributed by atoms with E-state index in [2.05, 4.69) is 78.9 Å². The van der Waals surface area contributed by atoms with Gasteiger partial charge in [0.1, 0.15) is 5.75 Å². The highest BCUT2D eigenvalue weighted by molar-refractivity contribution is 7.99. The second kappa shape index (κ2) is 6.74. The number of rotatable bonds is 3. The third-order valence-corrected chi connectivity index (χ3v) is 6.08. The Morgan fingerprint density at radius 2 is 1.50 bits per heavy atom. The summed E-state index contributed by atoms with van der Waals surface area (Å²) in [5, 5.41) is 0.469. The van der Waals surface area contributed by atoms with E-state index < -0.39 is 0 Å². The van der Waals surface area contributed by atoms with Crippen LogP contribution in [0.4, 0.5) is 0 Å². The molecule has 0 radical (unpaired) electrons. The summed E-state index contributed by atoms with van der Waals surface area (Å²) in [5.41, 5.74) is 4.23. The lowest BCUT2D eigenvalue weighted by Gasteiger charge is -2.32. The van der Waals surface area contributed by atoms with E-state index in [9.17, 15) is 0 Å². The fourth-order valence-electron chi connectivity index (χ4n) is 3.44. The first kappa shape index (κ1) is 15.3. The van der Waals surface area contributed by atoms with E-state index >= 15 is 0 Å². The molecule has 0 amide bonds. The van der Waals surface area contributed by atoms with Crippen LogP contribution in [0.3, 0.4) is 0 Å². The Bertz CT molecular complexity index is 811. The maximum Gasteiger partial charge on any atom is 0.118 e. The average molecular weight is 332 g/mol. The van der Waals surface area contributed by atoms with Gasteiger partial charge in [-0.15, -0.1) is 11.8 Å². The van der Waals surface area contributed by atoms with Crippen molar-refractivity contribution in [3.05, 3.63) is 95.6 Å². The van der Waals surface area contributed by atoms with Crippen molar-refractivity contribution in [2.24, 2.45) is 0 Å². The van der Waals surface area contributed by atoms with Crippen molar-refractivity contribution >= 4 is 11.8 Å². The van der Waals surface area contributed by atoms with Gasteiger partial charge in [0.2, 0.25) is 0 Å². The van der Waals surface area contributed by atoms with Crippen LogP contribution in [0.15, 0.2) is 83.8 Å². The smallest absolute Gasteiger partial charge is 0.118 e. The van der Waals surface area contributed by atoms with E-state index in [1.54, 1.807) is 7.11 Å². The van der Waals surface area contributed by atoms with Crippen molar-refractivity contribution in [2.45, 2.75) is 22.5 Å². The van der Waals surface area contributed by atoms with Gasteiger partial charge in [-0.3, -0.25) is 0 Å². The van der Waals surface area contributed by atoms with Gasteiger partial charge in [0.25, 0.3) is 0 Å². The maximum atomic E-state index is 5.30. The minimum atomic E-state index is 0.454. The van der Waals surface area contributed by atoms with Crippen molar-refractivity contribution in [3.8, 4) is 5.75 Å². The van der Waals surface area contributed by atoms with Crippen LogP contribution in [0, 0.1) is 0 Å². The van der Waals surface area contributed by atoms with Crippen LogP contribution < -0.4 is 4.74 Å². The lowest BCUT2D eigenvalue weighted by molar-refractivity contribution is 0.414. The third-order valence-electron chi connectivity index (χ3n) is 4.70. The van der Waals surface area contributed by atoms with Crippen LogP contribution in [0.2, 0.25) is 0 Å². The highest BCUT2D eigenvalue weighted by atomic mass is 32.2. The number of hydrogen-bond donors (Lipinski definition) is 0. The van der Waals surface area contributed by atoms with Crippen LogP contribution in [-0.2, 0) is 0 Å². The van der Waals surface area contributed by atoms with Crippen LogP contribution in [-0.4, -0.2) is 7.11 Å². The highest BCUT2D eigenvalue weighted by Gasteiger charge is 2.29. The molecule has 3 aromatic carbocycles. The minimum absolute atomic E-state index is 0.454. The lowest BCUT2D eigenvalue weighted by atomic mass is 9.85. The molecule has 2 unspecified atom stereocenters. The van der Waals surface area contributed by atoms with Crippen molar-refractivity contribution in [2.75, 3.05) is 7.11 Å². The van der Waals surface area contributed by atoms with Gasteiger partial charge in [-0.2, -0.15) is 0 Å². The number of hydrogen-bond acceptors (Lipinski definition) is 2. The molecular weight excluding hydrogens is 312 g/mol. The summed E-state index contributed by atoms with van der Waals surface area (Å²) in [7, 11) is 1.71. The highest BCUT2D eigenvalue weighted by Crippen LogP contribution is 2.51. The largest absolute Gasteiger partial charge is 0.497 e. The fourth-order valence-corrected chi connectivity index (χ4v) is 4.83. The van der Waals surface area contributed by atoms with Gasteiger partial charge < -0.3 is 4.74 Å². The first-order valence-electron chi connectivity index (χ1n) is 8.29. The van der Waals surface area contributed by atoms with Gasteiger partial charge in [0.15, 0.2) is 0 Å². The maximum absolute atomic E-state index is 5.30. The minimum Gasteiger partial charge on any atom is -0.497 e. The van der Waals surface area contributed by atoms with Gasteiger partial charge in [0.05, 0.1) is 7.11 Å². The first-order valence-corrected chi connectivity index (χ1v) is 9.17. The van der Waals surface area contributed by atoms with E-state index in [0.29, 0.717) is 11.2 Å². The molecule has 0 bridgehead atoms. The molecule has 0 spiro atoms. The van der Waals surface area contributed by atoms with Gasteiger partial charge in [-0.05, 0) is 41.3 Å². The van der Waals surface area contributed by atoms with Gasteiger partial charge >= 0.3 is 0 Å². The molecule has 0 saturated carbocycles. The number of ether oxygens (including phenoxy) is 1. The Morgan fingerprint density at radius 1 is 0.792 bits per heavy atom. The van der Waals surface area contributed by atoms with Crippen molar-refractivity contribution in [3.63, 3.8) is 0 Å². The zero-order valence-corrected chi connectivity index (χ0v) is 14.5. The van der Waals surface area contributed by atoms with E-state index in [1.165, 1.54) is 21.6 Å². The molecule has 1 nitrogen and oxygen atoms in total. The first-order chi connectivity index (χ1) is 11.8. The summed E-state index contributed by atoms with van der Waals surface area (Å²) >= 11 is 1.98.